The van der Waals surface area contributed by atoms with Gasteiger partial charge in [-0.1, -0.05) is 25.8 Å². The fourth-order valence-electron chi connectivity index (χ4n) is 3.95. The zero-order valence-corrected chi connectivity index (χ0v) is 12.5. The van der Waals surface area contributed by atoms with Crippen molar-refractivity contribution in [2.45, 2.75) is 75.3 Å². The van der Waals surface area contributed by atoms with Gasteiger partial charge in [-0.15, -0.1) is 0 Å². The highest BCUT2D eigenvalue weighted by atomic mass is 28.2. The largest absolute Gasteiger partial charge is 0.376 e. The van der Waals surface area contributed by atoms with Gasteiger partial charge in [0, 0.05) is 6.61 Å². The van der Waals surface area contributed by atoms with Crippen LogP contribution in [0.25, 0.3) is 0 Å². The van der Waals surface area contributed by atoms with Crippen molar-refractivity contribution in [2.75, 3.05) is 6.61 Å². The Morgan fingerprint density at radius 1 is 1.06 bits per heavy atom. The SMILES string of the molecule is C[SiH2]C1(C2OC2C2CCCCC2)CCCCO1. The van der Waals surface area contributed by atoms with Gasteiger partial charge >= 0.3 is 0 Å². The minimum Gasteiger partial charge on any atom is -0.376 e. The predicted molar refractivity (Wildman–Crippen MR) is 72.2 cm³/mol. The van der Waals surface area contributed by atoms with Gasteiger partial charge in [-0.2, -0.15) is 0 Å². The minimum absolute atomic E-state index is 0.138. The summed E-state index contributed by atoms with van der Waals surface area (Å²) in [4.78, 5) is 0. The van der Waals surface area contributed by atoms with E-state index in [-0.39, 0.29) is 14.7 Å². The Kier molecular flexibility index (Phi) is 3.60. The lowest BCUT2D eigenvalue weighted by Gasteiger charge is -2.36. The summed E-state index contributed by atoms with van der Waals surface area (Å²) in [6.07, 6.45) is 12.1. The van der Waals surface area contributed by atoms with Gasteiger partial charge in [0.2, 0.25) is 0 Å². The summed E-state index contributed by atoms with van der Waals surface area (Å²) in [5, 5.41) is 0.223. The Hall–Kier alpha value is 0.137. The van der Waals surface area contributed by atoms with Crippen LogP contribution in [0.5, 0.6) is 0 Å². The van der Waals surface area contributed by atoms with Gasteiger partial charge in [0.25, 0.3) is 0 Å². The van der Waals surface area contributed by atoms with Crippen LogP contribution in [0, 0.1) is 5.92 Å². The van der Waals surface area contributed by atoms with E-state index < -0.39 is 0 Å². The first-order chi connectivity index (χ1) is 8.36. The van der Waals surface area contributed by atoms with Gasteiger partial charge in [0.15, 0.2) is 0 Å². The standard InChI is InChI=1S/C14H26O2Si/c1-17-14(9-5-6-10-15-14)13-12(16-13)11-7-3-2-4-8-11/h11-13H,2-10,17H2,1H3. The lowest BCUT2D eigenvalue weighted by Crippen LogP contribution is -2.47. The van der Waals surface area contributed by atoms with Gasteiger partial charge in [-0.25, -0.2) is 0 Å². The second kappa shape index (κ2) is 5.02. The average molecular weight is 254 g/mol. The molecule has 3 heteroatoms. The van der Waals surface area contributed by atoms with Crippen molar-refractivity contribution in [2.24, 2.45) is 5.92 Å². The number of rotatable bonds is 3. The molecule has 0 aromatic carbocycles. The van der Waals surface area contributed by atoms with Gasteiger partial charge in [0.1, 0.15) is 6.10 Å². The highest BCUT2D eigenvalue weighted by Crippen LogP contribution is 2.46. The molecule has 98 valence electrons. The van der Waals surface area contributed by atoms with Crippen molar-refractivity contribution >= 4 is 9.52 Å². The number of hydrogen-bond donors (Lipinski definition) is 0. The monoisotopic (exact) mass is 254 g/mol. The van der Waals surface area contributed by atoms with Crippen LogP contribution in [0.3, 0.4) is 0 Å². The summed E-state index contributed by atoms with van der Waals surface area (Å²) in [6.45, 7) is 3.39. The Labute approximate surface area is 107 Å². The van der Waals surface area contributed by atoms with Crippen LogP contribution in [-0.4, -0.2) is 33.6 Å². The Morgan fingerprint density at radius 3 is 2.53 bits per heavy atom. The van der Waals surface area contributed by atoms with E-state index in [2.05, 4.69) is 6.55 Å². The van der Waals surface area contributed by atoms with Crippen LogP contribution in [0.4, 0.5) is 0 Å². The Balaban J connectivity index is 1.61. The highest BCUT2D eigenvalue weighted by Gasteiger charge is 2.57. The normalized spacial score (nSPS) is 44.3. The third kappa shape index (κ3) is 2.34. The average Bonchev–Trinajstić information content (AvgIpc) is 3.21. The van der Waals surface area contributed by atoms with E-state index in [1.807, 2.05) is 0 Å². The molecule has 0 N–H and O–H groups in total. The van der Waals surface area contributed by atoms with Gasteiger partial charge in [-0.3, -0.25) is 0 Å². The van der Waals surface area contributed by atoms with Crippen molar-refractivity contribution in [3.05, 3.63) is 0 Å². The molecule has 1 saturated carbocycles. The molecule has 3 unspecified atom stereocenters. The quantitative estimate of drug-likeness (QED) is 0.570. The van der Waals surface area contributed by atoms with Gasteiger partial charge < -0.3 is 9.47 Å². The molecular weight excluding hydrogens is 228 g/mol. The summed E-state index contributed by atoms with van der Waals surface area (Å²) < 4.78 is 12.3. The van der Waals surface area contributed by atoms with E-state index in [0.717, 1.165) is 12.5 Å². The summed E-state index contributed by atoms with van der Waals surface area (Å²) in [5.41, 5.74) is 0. The van der Waals surface area contributed by atoms with Crippen LogP contribution < -0.4 is 0 Å². The predicted octanol–water partition coefficient (Wildman–Crippen LogP) is 2.45. The van der Waals surface area contributed by atoms with Crippen molar-refractivity contribution < 1.29 is 9.47 Å². The lowest BCUT2D eigenvalue weighted by molar-refractivity contribution is -0.0366. The van der Waals surface area contributed by atoms with Gasteiger partial charge in [-0.05, 0) is 38.0 Å². The van der Waals surface area contributed by atoms with Crippen molar-refractivity contribution in [3.8, 4) is 0 Å². The maximum Gasteiger partial charge on any atom is 0.110 e. The molecule has 0 bridgehead atoms. The Bertz CT molecular complexity index is 257. The maximum atomic E-state index is 6.20. The van der Waals surface area contributed by atoms with Crippen LogP contribution in [-0.2, 0) is 9.47 Å². The van der Waals surface area contributed by atoms with E-state index in [1.165, 1.54) is 51.4 Å². The first kappa shape index (κ1) is 12.2. The zero-order chi connectivity index (χ0) is 11.7. The van der Waals surface area contributed by atoms with E-state index in [1.54, 1.807) is 0 Å². The third-order valence-electron chi connectivity index (χ3n) is 5.14. The van der Waals surface area contributed by atoms with Gasteiger partial charge in [0.05, 0.1) is 20.8 Å². The fourth-order valence-corrected chi connectivity index (χ4v) is 5.63. The lowest BCUT2D eigenvalue weighted by atomic mass is 9.84. The molecule has 2 nitrogen and oxygen atoms in total. The summed E-state index contributed by atoms with van der Waals surface area (Å²) in [7, 11) is -0.138. The van der Waals surface area contributed by atoms with Crippen molar-refractivity contribution in [1.29, 1.82) is 0 Å². The molecule has 3 fully saturated rings. The molecule has 0 aromatic rings. The third-order valence-corrected chi connectivity index (χ3v) is 7.30. The molecule has 17 heavy (non-hydrogen) atoms. The molecule has 1 aliphatic carbocycles. The summed E-state index contributed by atoms with van der Waals surface area (Å²) in [5.74, 6) is 0.858. The molecule has 2 heterocycles. The van der Waals surface area contributed by atoms with Crippen molar-refractivity contribution in [3.63, 3.8) is 0 Å². The van der Waals surface area contributed by atoms with E-state index in [0.29, 0.717) is 12.2 Å². The van der Waals surface area contributed by atoms with E-state index in [4.69, 9.17) is 9.47 Å². The summed E-state index contributed by atoms with van der Waals surface area (Å²) >= 11 is 0. The first-order valence-corrected chi connectivity index (χ1v) is 9.77. The fraction of sp³-hybridized carbons (Fsp3) is 1.00. The molecule has 3 aliphatic rings. The molecule has 3 atom stereocenters. The number of hydrogen-bond acceptors (Lipinski definition) is 2. The molecule has 0 radical (unpaired) electrons. The van der Waals surface area contributed by atoms with Crippen LogP contribution in [0.2, 0.25) is 6.55 Å². The smallest absolute Gasteiger partial charge is 0.110 e. The topological polar surface area (TPSA) is 21.8 Å². The van der Waals surface area contributed by atoms with Crippen LogP contribution >= 0.6 is 0 Å². The molecule has 0 aromatic heterocycles. The maximum absolute atomic E-state index is 6.20. The molecule has 0 amide bonds. The molecule has 2 aliphatic heterocycles. The minimum atomic E-state index is -0.138. The Morgan fingerprint density at radius 2 is 1.88 bits per heavy atom. The molecule has 3 rings (SSSR count). The second-order valence-electron chi connectivity index (χ2n) is 6.14. The molecule has 2 saturated heterocycles. The molecular formula is C14H26O2Si. The van der Waals surface area contributed by atoms with E-state index in [9.17, 15) is 0 Å². The zero-order valence-electron chi connectivity index (χ0n) is 11.1. The van der Waals surface area contributed by atoms with Crippen LogP contribution in [0.15, 0.2) is 0 Å². The first-order valence-electron chi connectivity index (χ1n) is 7.65. The number of epoxide rings is 1. The highest BCUT2D eigenvalue weighted by molar-refractivity contribution is 6.38. The van der Waals surface area contributed by atoms with E-state index >= 15 is 0 Å². The molecule has 0 spiro atoms. The van der Waals surface area contributed by atoms with Crippen LogP contribution in [0.1, 0.15) is 51.4 Å². The summed E-state index contributed by atoms with van der Waals surface area (Å²) in [6, 6.07) is 0. The number of ether oxygens (including phenoxy) is 2. The second-order valence-corrected chi connectivity index (χ2v) is 8.05. The van der Waals surface area contributed by atoms with Crippen molar-refractivity contribution in [1.82, 2.24) is 0 Å².